The molecular weight excluding hydrogens is 261 g/mol. The van der Waals surface area contributed by atoms with Gasteiger partial charge in [0.2, 0.25) is 0 Å². The third-order valence-electron chi connectivity index (χ3n) is 3.30. The van der Waals surface area contributed by atoms with Gasteiger partial charge in [-0.25, -0.2) is 9.18 Å². The summed E-state index contributed by atoms with van der Waals surface area (Å²) in [7, 11) is 0. The van der Waals surface area contributed by atoms with Crippen LogP contribution in [0.1, 0.15) is 24.8 Å². The summed E-state index contributed by atoms with van der Waals surface area (Å²) in [5.41, 5.74) is 0.343. The van der Waals surface area contributed by atoms with Crippen molar-refractivity contribution in [3.05, 3.63) is 29.6 Å². The van der Waals surface area contributed by atoms with Gasteiger partial charge in [-0.2, -0.15) is 5.26 Å². The van der Waals surface area contributed by atoms with Crippen molar-refractivity contribution in [2.24, 2.45) is 5.92 Å². The van der Waals surface area contributed by atoms with Gasteiger partial charge in [0.05, 0.1) is 11.3 Å². The zero-order valence-corrected chi connectivity index (χ0v) is 10.9. The number of aliphatic hydroxyl groups excluding tert-OH is 1. The first kappa shape index (κ1) is 14.3. The maximum Gasteiger partial charge on any atom is 0.319 e. The van der Waals surface area contributed by atoms with Gasteiger partial charge in [0.25, 0.3) is 0 Å². The smallest absolute Gasteiger partial charge is 0.319 e. The average molecular weight is 277 g/mol. The molecule has 1 aromatic rings. The van der Waals surface area contributed by atoms with Crippen molar-refractivity contribution in [3.8, 4) is 6.07 Å². The lowest BCUT2D eigenvalue weighted by atomic mass is 10.1. The van der Waals surface area contributed by atoms with Gasteiger partial charge >= 0.3 is 6.03 Å². The summed E-state index contributed by atoms with van der Waals surface area (Å²) in [5, 5.41) is 23.2. The second-order valence-corrected chi connectivity index (χ2v) is 4.86. The van der Waals surface area contributed by atoms with Gasteiger partial charge in [-0.3, -0.25) is 0 Å². The minimum Gasteiger partial charge on any atom is -0.396 e. The number of rotatable bonds is 5. The predicted molar refractivity (Wildman–Crippen MR) is 71.5 cm³/mol. The van der Waals surface area contributed by atoms with Crippen molar-refractivity contribution >= 4 is 11.7 Å². The SMILES string of the molecule is N#Cc1cc(F)ccc1NC(=O)N[C@@H](CCO)C1CC1. The van der Waals surface area contributed by atoms with Crippen LogP contribution < -0.4 is 10.6 Å². The van der Waals surface area contributed by atoms with Crippen LogP contribution in [0.15, 0.2) is 18.2 Å². The molecular formula is C14H16FN3O2. The van der Waals surface area contributed by atoms with Crippen LogP contribution >= 0.6 is 0 Å². The molecule has 0 unspecified atom stereocenters. The molecule has 6 heteroatoms. The number of aliphatic hydroxyl groups is 1. The molecule has 0 saturated heterocycles. The largest absolute Gasteiger partial charge is 0.396 e. The summed E-state index contributed by atoms with van der Waals surface area (Å²) in [6.07, 6.45) is 2.60. The van der Waals surface area contributed by atoms with Crippen LogP contribution in [0.25, 0.3) is 0 Å². The van der Waals surface area contributed by atoms with Gasteiger partial charge in [-0.05, 0) is 43.4 Å². The van der Waals surface area contributed by atoms with Crippen molar-refractivity contribution in [3.63, 3.8) is 0 Å². The minimum absolute atomic E-state index is 0.0153. The Balaban J connectivity index is 1.99. The molecule has 0 bridgehead atoms. The third-order valence-corrected chi connectivity index (χ3v) is 3.30. The van der Waals surface area contributed by atoms with Crippen molar-refractivity contribution < 1.29 is 14.3 Å². The predicted octanol–water partition coefficient (Wildman–Crippen LogP) is 1.98. The van der Waals surface area contributed by atoms with E-state index in [-0.39, 0.29) is 23.9 Å². The zero-order valence-electron chi connectivity index (χ0n) is 10.9. The van der Waals surface area contributed by atoms with E-state index in [0.717, 1.165) is 18.9 Å². The van der Waals surface area contributed by atoms with Crippen LogP contribution in [0.2, 0.25) is 0 Å². The van der Waals surface area contributed by atoms with E-state index in [9.17, 15) is 9.18 Å². The molecule has 1 aliphatic carbocycles. The molecule has 1 atom stereocenters. The monoisotopic (exact) mass is 277 g/mol. The molecule has 1 fully saturated rings. The Kier molecular flexibility index (Phi) is 4.53. The second kappa shape index (κ2) is 6.35. The van der Waals surface area contributed by atoms with E-state index >= 15 is 0 Å². The van der Waals surface area contributed by atoms with Gasteiger partial charge in [-0.1, -0.05) is 0 Å². The highest BCUT2D eigenvalue weighted by Gasteiger charge is 2.31. The van der Waals surface area contributed by atoms with Gasteiger partial charge in [-0.15, -0.1) is 0 Å². The van der Waals surface area contributed by atoms with E-state index < -0.39 is 11.8 Å². The van der Waals surface area contributed by atoms with Crippen molar-refractivity contribution in [2.45, 2.75) is 25.3 Å². The maximum absolute atomic E-state index is 13.0. The molecule has 0 aliphatic heterocycles. The van der Waals surface area contributed by atoms with Crippen molar-refractivity contribution in [1.82, 2.24) is 5.32 Å². The van der Waals surface area contributed by atoms with Crippen LogP contribution in [0.4, 0.5) is 14.9 Å². The molecule has 0 heterocycles. The van der Waals surface area contributed by atoms with Gasteiger partial charge in [0, 0.05) is 12.6 Å². The highest BCUT2D eigenvalue weighted by Crippen LogP contribution is 2.33. The van der Waals surface area contributed by atoms with Gasteiger partial charge in [0.1, 0.15) is 11.9 Å². The number of halogens is 1. The number of nitrogens with one attached hydrogen (secondary N) is 2. The van der Waals surface area contributed by atoms with E-state index in [1.54, 1.807) is 0 Å². The molecule has 20 heavy (non-hydrogen) atoms. The molecule has 3 N–H and O–H groups in total. The average Bonchev–Trinajstić information content (AvgIpc) is 3.24. The number of carbonyl (C=O) groups excluding carboxylic acids is 1. The van der Waals surface area contributed by atoms with Gasteiger partial charge < -0.3 is 15.7 Å². The van der Waals surface area contributed by atoms with Crippen molar-refractivity contribution in [1.29, 1.82) is 5.26 Å². The lowest BCUT2D eigenvalue weighted by molar-refractivity contribution is 0.234. The Labute approximate surface area is 116 Å². The molecule has 2 amide bonds. The molecule has 5 nitrogen and oxygen atoms in total. The number of nitriles is 1. The van der Waals surface area contributed by atoms with E-state index in [1.165, 1.54) is 12.1 Å². The first-order valence-electron chi connectivity index (χ1n) is 6.52. The van der Waals surface area contributed by atoms with Crippen LogP contribution in [-0.2, 0) is 0 Å². The number of hydrogen-bond acceptors (Lipinski definition) is 3. The molecule has 1 aliphatic rings. The molecule has 106 valence electrons. The lowest BCUT2D eigenvalue weighted by Crippen LogP contribution is -2.40. The fourth-order valence-corrected chi connectivity index (χ4v) is 2.11. The number of anilines is 1. The first-order chi connectivity index (χ1) is 9.63. The summed E-state index contributed by atoms with van der Waals surface area (Å²) < 4.78 is 13.0. The molecule has 1 aromatic carbocycles. The zero-order chi connectivity index (χ0) is 14.5. The molecule has 0 radical (unpaired) electrons. The Morgan fingerprint density at radius 3 is 2.90 bits per heavy atom. The Morgan fingerprint density at radius 2 is 2.30 bits per heavy atom. The van der Waals surface area contributed by atoms with Crippen LogP contribution in [-0.4, -0.2) is 23.8 Å². The number of amides is 2. The summed E-state index contributed by atoms with van der Waals surface area (Å²) in [6, 6.07) is 4.93. The molecule has 1 saturated carbocycles. The normalized spacial score (nSPS) is 15.2. The van der Waals surface area contributed by atoms with Crippen molar-refractivity contribution in [2.75, 3.05) is 11.9 Å². The molecule has 2 rings (SSSR count). The number of nitrogens with zero attached hydrogens (tertiary/aromatic N) is 1. The van der Waals surface area contributed by atoms with Crippen LogP contribution in [0.3, 0.4) is 0 Å². The number of benzene rings is 1. The second-order valence-electron chi connectivity index (χ2n) is 4.86. The standard InChI is InChI=1S/C14H16FN3O2/c15-11-3-4-12(10(7-11)8-16)17-14(20)18-13(5-6-19)9-1-2-9/h3-4,7,9,13,19H,1-2,5-6H2,(H2,17,18,20)/t13-/m0/s1. The molecule has 0 aromatic heterocycles. The molecule has 0 spiro atoms. The Morgan fingerprint density at radius 1 is 1.55 bits per heavy atom. The van der Waals surface area contributed by atoms with E-state index in [2.05, 4.69) is 10.6 Å². The quantitative estimate of drug-likeness (QED) is 0.769. The van der Waals surface area contributed by atoms with Crippen LogP contribution in [0, 0.1) is 23.1 Å². The first-order valence-corrected chi connectivity index (χ1v) is 6.52. The topological polar surface area (TPSA) is 85.2 Å². The van der Waals surface area contributed by atoms with Gasteiger partial charge in [0.15, 0.2) is 0 Å². The third kappa shape index (κ3) is 3.68. The fourth-order valence-electron chi connectivity index (χ4n) is 2.11. The summed E-state index contributed by atoms with van der Waals surface area (Å²) in [4.78, 5) is 11.9. The Hall–Kier alpha value is -2.13. The highest BCUT2D eigenvalue weighted by atomic mass is 19.1. The Bertz CT molecular complexity index is 538. The van der Waals surface area contributed by atoms with E-state index in [0.29, 0.717) is 12.3 Å². The number of carbonyl (C=O) groups is 1. The fraction of sp³-hybridized carbons (Fsp3) is 0.429. The summed E-state index contributed by atoms with van der Waals surface area (Å²) >= 11 is 0. The summed E-state index contributed by atoms with van der Waals surface area (Å²) in [5.74, 6) is -0.111. The highest BCUT2D eigenvalue weighted by molar-refractivity contribution is 5.90. The number of hydrogen-bond donors (Lipinski definition) is 3. The van der Waals surface area contributed by atoms with E-state index in [4.69, 9.17) is 10.4 Å². The lowest BCUT2D eigenvalue weighted by Gasteiger charge is -2.17. The maximum atomic E-state index is 13.0. The van der Waals surface area contributed by atoms with Crippen LogP contribution in [0.5, 0.6) is 0 Å². The number of urea groups is 1. The van der Waals surface area contributed by atoms with E-state index in [1.807, 2.05) is 6.07 Å². The minimum atomic E-state index is -0.524. The summed E-state index contributed by atoms with van der Waals surface area (Å²) in [6.45, 7) is 0.0153.